The maximum absolute atomic E-state index is 14.3. The lowest BCUT2D eigenvalue weighted by atomic mass is 9.83. The van der Waals surface area contributed by atoms with Crippen molar-refractivity contribution in [3.05, 3.63) is 34.6 Å². The highest BCUT2D eigenvalue weighted by molar-refractivity contribution is 6.30. The Labute approximate surface area is 126 Å². The van der Waals surface area contributed by atoms with Crippen molar-refractivity contribution >= 4 is 11.6 Å². The molecule has 0 saturated heterocycles. The van der Waals surface area contributed by atoms with E-state index >= 15 is 0 Å². The Bertz CT molecular complexity index is 413. The molecular formula is C16H25ClFNO. The Morgan fingerprint density at radius 2 is 1.95 bits per heavy atom. The molecule has 114 valence electrons. The molecule has 0 aliphatic heterocycles. The highest BCUT2D eigenvalue weighted by atomic mass is 35.5. The molecule has 0 aliphatic rings. The number of benzene rings is 1. The zero-order valence-corrected chi connectivity index (χ0v) is 13.6. The maximum Gasteiger partial charge on any atom is 0.129 e. The number of hydrogen-bond donors (Lipinski definition) is 1. The average Bonchev–Trinajstić information content (AvgIpc) is 2.45. The van der Waals surface area contributed by atoms with Gasteiger partial charge >= 0.3 is 0 Å². The molecule has 20 heavy (non-hydrogen) atoms. The van der Waals surface area contributed by atoms with Crippen LogP contribution in [-0.4, -0.2) is 19.3 Å². The van der Waals surface area contributed by atoms with Gasteiger partial charge in [-0.25, -0.2) is 4.39 Å². The summed E-state index contributed by atoms with van der Waals surface area (Å²) >= 11 is 5.85. The van der Waals surface area contributed by atoms with E-state index in [4.69, 9.17) is 16.3 Å². The third kappa shape index (κ3) is 3.72. The molecule has 1 aromatic carbocycles. The highest BCUT2D eigenvalue weighted by Gasteiger charge is 2.37. The van der Waals surface area contributed by atoms with E-state index in [2.05, 4.69) is 26.1 Å². The summed E-state index contributed by atoms with van der Waals surface area (Å²) in [6, 6.07) is 4.67. The van der Waals surface area contributed by atoms with Crippen LogP contribution in [0.4, 0.5) is 4.39 Å². The summed E-state index contributed by atoms with van der Waals surface area (Å²) in [5.74, 6) is -0.283. The van der Waals surface area contributed by atoms with Crippen LogP contribution in [-0.2, 0) is 4.74 Å². The average molecular weight is 302 g/mol. The van der Waals surface area contributed by atoms with Gasteiger partial charge in [0.05, 0.1) is 11.6 Å². The second kappa shape index (κ2) is 7.96. The summed E-state index contributed by atoms with van der Waals surface area (Å²) < 4.78 is 20.1. The Kier molecular flexibility index (Phi) is 6.93. The molecule has 0 aromatic heterocycles. The van der Waals surface area contributed by atoms with Gasteiger partial charge in [-0.2, -0.15) is 0 Å². The first-order chi connectivity index (χ1) is 9.54. The summed E-state index contributed by atoms with van der Waals surface area (Å²) in [6.45, 7) is 7.05. The van der Waals surface area contributed by atoms with Crippen molar-refractivity contribution in [1.82, 2.24) is 5.32 Å². The first-order valence-corrected chi connectivity index (χ1v) is 7.65. The fourth-order valence-electron chi connectivity index (χ4n) is 2.67. The Balaban J connectivity index is 3.23. The highest BCUT2D eigenvalue weighted by Crippen LogP contribution is 2.36. The summed E-state index contributed by atoms with van der Waals surface area (Å²) in [7, 11) is 1.70. The van der Waals surface area contributed by atoms with Crippen LogP contribution < -0.4 is 5.32 Å². The zero-order valence-electron chi connectivity index (χ0n) is 12.8. The van der Waals surface area contributed by atoms with Crippen LogP contribution in [0.2, 0.25) is 5.02 Å². The van der Waals surface area contributed by atoms with Crippen molar-refractivity contribution in [3.8, 4) is 0 Å². The predicted molar refractivity (Wildman–Crippen MR) is 82.8 cm³/mol. The van der Waals surface area contributed by atoms with Crippen LogP contribution >= 0.6 is 11.6 Å². The Morgan fingerprint density at radius 3 is 2.40 bits per heavy atom. The molecule has 2 nitrogen and oxygen atoms in total. The van der Waals surface area contributed by atoms with Gasteiger partial charge in [0.25, 0.3) is 0 Å². The fraction of sp³-hybridized carbons (Fsp3) is 0.625. The molecular weight excluding hydrogens is 277 g/mol. The van der Waals surface area contributed by atoms with Gasteiger partial charge in [-0.1, -0.05) is 38.4 Å². The lowest BCUT2D eigenvalue weighted by Gasteiger charge is -2.39. The minimum Gasteiger partial charge on any atom is -0.376 e. The molecule has 1 unspecified atom stereocenters. The van der Waals surface area contributed by atoms with E-state index in [1.165, 1.54) is 6.07 Å². The molecule has 0 saturated carbocycles. The SMILES string of the molecule is CCCNC(c1ccc(Cl)cc1F)C(CC)(CC)OC. The summed E-state index contributed by atoms with van der Waals surface area (Å²) in [4.78, 5) is 0. The van der Waals surface area contributed by atoms with E-state index in [1.54, 1.807) is 19.2 Å². The van der Waals surface area contributed by atoms with E-state index in [1.807, 2.05) is 0 Å². The lowest BCUT2D eigenvalue weighted by Crippen LogP contribution is -2.45. The first kappa shape index (κ1) is 17.4. The quantitative estimate of drug-likeness (QED) is 0.750. The molecule has 0 fully saturated rings. The standard InChI is InChI=1S/C16H25ClFNO/c1-5-10-19-15(16(6-2,7-3)20-4)13-9-8-12(17)11-14(13)18/h8-9,11,15,19H,5-7,10H2,1-4H3. The van der Waals surface area contributed by atoms with Gasteiger partial charge in [0.2, 0.25) is 0 Å². The van der Waals surface area contributed by atoms with Crippen molar-refractivity contribution in [1.29, 1.82) is 0 Å². The largest absolute Gasteiger partial charge is 0.376 e. The van der Waals surface area contributed by atoms with Crippen molar-refractivity contribution in [2.45, 2.75) is 51.7 Å². The minimum atomic E-state index is -0.413. The van der Waals surface area contributed by atoms with Gasteiger partial charge in [-0.3, -0.25) is 0 Å². The Hall–Kier alpha value is -0.640. The number of methoxy groups -OCH3 is 1. The van der Waals surface area contributed by atoms with Crippen LogP contribution in [0.5, 0.6) is 0 Å². The minimum absolute atomic E-state index is 0.181. The van der Waals surface area contributed by atoms with E-state index in [0.29, 0.717) is 10.6 Å². The van der Waals surface area contributed by atoms with Crippen LogP contribution in [0, 0.1) is 5.82 Å². The summed E-state index contributed by atoms with van der Waals surface area (Å²) in [5, 5.41) is 3.85. The van der Waals surface area contributed by atoms with E-state index in [-0.39, 0.29) is 11.9 Å². The molecule has 1 atom stereocenters. The number of hydrogen-bond acceptors (Lipinski definition) is 2. The van der Waals surface area contributed by atoms with Crippen LogP contribution in [0.25, 0.3) is 0 Å². The maximum atomic E-state index is 14.3. The monoisotopic (exact) mass is 301 g/mol. The molecule has 0 bridgehead atoms. The second-order valence-corrected chi connectivity index (χ2v) is 5.47. The van der Waals surface area contributed by atoms with Gasteiger partial charge in [0.1, 0.15) is 5.82 Å². The molecule has 1 aromatic rings. The normalized spacial score (nSPS) is 13.5. The summed E-state index contributed by atoms with van der Waals surface area (Å²) in [5.41, 5.74) is 0.206. The topological polar surface area (TPSA) is 21.3 Å². The van der Waals surface area contributed by atoms with Crippen LogP contribution in [0.1, 0.15) is 51.6 Å². The van der Waals surface area contributed by atoms with E-state index < -0.39 is 5.60 Å². The van der Waals surface area contributed by atoms with Gasteiger partial charge in [-0.05, 0) is 37.9 Å². The molecule has 1 rings (SSSR count). The van der Waals surface area contributed by atoms with Crippen LogP contribution in [0.15, 0.2) is 18.2 Å². The molecule has 0 amide bonds. The molecule has 0 spiro atoms. The number of halogens is 2. The molecule has 4 heteroatoms. The van der Waals surface area contributed by atoms with Gasteiger partial charge in [0, 0.05) is 17.7 Å². The van der Waals surface area contributed by atoms with Crippen molar-refractivity contribution in [2.75, 3.05) is 13.7 Å². The van der Waals surface area contributed by atoms with E-state index in [9.17, 15) is 4.39 Å². The Morgan fingerprint density at radius 1 is 1.30 bits per heavy atom. The second-order valence-electron chi connectivity index (χ2n) is 5.03. The number of ether oxygens (including phenoxy) is 1. The van der Waals surface area contributed by atoms with Crippen molar-refractivity contribution < 1.29 is 9.13 Å². The number of nitrogens with one attached hydrogen (secondary N) is 1. The smallest absolute Gasteiger partial charge is 0.129 e. The van der Waals surface area contributed by atoms with Crippen molar-refractivity contribution in [3.63, 3.8) is 0 Å². The molecule has 1 N–H and O–H groups in total. The zero-order chi connectivity index (χ0) is 15.2. The molecule has 0 aliphatic carbocycles. The van der Waals surface area contributed by atoms with Gasteiger partial charge in [-0.15, -0.1) is 0 Å². The molecule has 0 heterocycles. The fourth-order valence-corrected chi connectivity index (χ4v) is 2.83. The van der Waals surface area contributed by atoms with E-state index in [0.717, 1.165) is 25.8 Å². The number of rotatable bonds is 8. The van der Waals surface area contributed by atoms with Gasteiger partial charge < -0.3 is 10.1 Å². The third-order valence-corrected chi connectivity index (χ3v) is 4.24. The first-order valence-electron chi connectivity index (χ1n) is 7.28. The molecule has 0 radical (unpaired) electrons. The van der Waals surface area contributed by atoms with Crippen molar-refractivity contribution in [2.24, 2.45) is 0 Å². The third-order valence-electron chi connectivity index (χ3n) is 4.00. The predicted octanol–water partition coefficient (Wildman–Crippen LogP) is 4.73. The summed E-state index contributed by atoms with van der Waals surface area (Å²) in [6.07, 6.45) is 2.60. The van der Waals surface area contributed by atoms with Crippen LogP contribution in [0.3, 0.4) is 0 Å². The van der Waals surface area contributed by atoms with Gasteiger partial charge in [0.15, 0.2) is 0 Å². The lowest BCUT2D eigenvalue weighted by molar-refractivity contribution is -0.0493.